The summed E-state index contributed by atoms with van der Waals surface area (Å²) in [4.78, 5) is 11.2. The molecule has 0 saturated heterocycles. The molecule has 0 fully saturated rings. The van der Waals surface area contributed by atoms with E-state index in [1.165, 1.54) is 18.2 Å². The van der Waals surface area contributed by atoms with Crippen LogP contribution in [0.2, 0.25) is 5.02 Å². The maximum Gasteiger partial charge on any atom is 0.268 e. The summed E-state index contributed by atoms with van der Waals surface area (Å²) < 4.78 is 27.1. The van der Waals surface area contributed by atoms with Crippen molar-refractivity contribution in [3.63, 3.8) is 0 Å². The Morgan fingerprint density at radius 1 is 1.25 bits per heavy atom. The number of rotatable bonds is 1. The number of fused-ring (bicyclic) bond motifs is 1. The van der Waals surface area contributed by atoms with Gasteiger partial charge in [0.15, 0.2) is 4.90 Å². The third-order valence-electron chi connectivity index (χ3n) is 1.97. The lowest BCUT2D eigenvalue weighted by Gasteiger charge is -1.99. The van der Waals surface area contributed by atoms with Gasteiger partial charge in [-0.15, -0.1) is 0 Å². The number of hydrogen-bond donors (Lipinski definition) is 0. The van der Waals surface area contributed by atoms with Gasteiger partial charge in [-0.2, -0.15) is 0 Å². The molecule has 1 aromatic heterocycles. The molecule has 0 bridgehead atoms. The lowest BCUT2D eigenvalue weighted by atomic mass is 10.2. The first-order valence-electron chi connectivity index (χ1n) is 4.05. The summed E-state index contributed by atoms with van der Waals surface area (Å²) in [6.07, 6.45) is 0.820. The van der Waals surface area contributed by atoms with E-state index in [1.54, 1.807) is 0 Å². The van der Waals surface area contributed by atoms with Crippen LogP contribution in [0.4, 0.5) is 0 Å². The monoisotopic (exact) mass is 278 g/mol. The molecule has 2 aromatic rings. The number of hydrogen-bond acceptors (Lipinski definition) is 4. The largest absolute Gasteiger partial charge is 0.463 e. The number of benzene rings is 1. The van der Waals surface area contributed by atoms with E-state index in [0.29, 0.717) is 5.02 Å². The molecule has 1 aromatic carbocycles. The highest BCUT2D eigenvalue weighted by molar-refractivity contribution is 8.13. The number of halogens is 2. The molecular weight excluding hydrogens is 275 g/mol. The van der Waals surface area contributed by atoms with Gasteiger partial charge in [-0.1, -0.05) is 11.6 Å². The zero-order valence-electron chi connectivity index (χ0n) is 7.61. The van der Waals surface area contributed by atoms with Crippen LogP contribution in [-0.2, 0) is 9.05 Å². The molecule has 0 N–H and O–H groups in total. The molecule has 16 heavy (non-hydrogen) atoms. The van der Waals surface area contributed by atoms with Crippen molar-refractivity contribution in [3.8, 4) is 0 Å². The van der Waals surface area contributed by atoms with Gasteiger partial charge < -0.3 is 4.42 Å². The van der Waals surface area contributed by atoms with Gasteiger partial charge in [-0.25, -0.2) is 8.42 Å². The van der Waals surface area contributed by atoms with Crippen molar-refractivity contribution in [2.24, 2.45) is 0 Å². The lowest BCUT2D eigenvalue weighted by Crippen LogP contribution is -2.10. The maximum atomic E-state index is 11.7. The Kier molecular flexibility index (Phi) is 2.69. The van der Waals surface area contributed by atoms with Gasteiger partial charge >= 0.3 is 0 Å². The second-order valence-electron chi connectivity index (χ2n) is 3.01. The maximum absolute atomic E-state index is 11.7. The molecular formula is C9H4Cl2O4S. The molecule has 7 heteroatoms. The third-order valence-corrected chi connectivity index (χ3v) is 3.51. The van der Waals surface area contributed by atoms with Gasteiger partial charge in [0.05, 0.1) is 5.39 Å². The fourth-order valence-corrected chi connectivity index (χ4v) is 2.24. The Labute approximate surface area is 99.8 Å². The van der Waals surface area contributed by atoms with E-state index < -0.39 is 19.4 Å². The summed E-state index contributed by atoms with van der Waals surface area (Å²) in [7, 11) is 0.968. The molecule has 0 spiro atoms. The molecule has 0 aliphatic rings. The lowest BCUT2D eigenvalue weighted by molar-refractivity contribution is 0.572. The Morgan fingerprint density at radius 2 is 1.94 bits per heavy atom. The second-order valence-corrected chi connectivity index (χ2v) is 5.98. The van der Waals surface area contributed by atoms with Crippen LogP contribution in [0, 0.1) is 0 Å². The SMILES string of the molecule is O=c1c(S(=O)(=O)Cl)coc2ccc(Cl)cc12. The summed E-state index contributed by atoms with van der Waals surface area (Å²) in [5, 5.41) is 0.387. The highest BCUT2D eigenvalue weighted by Gasteiger charge is 2.18. The summed E-state index contributed by atoms with van der Waals surface area (Å²) in [6, 6.07) is 4.33. The molecule has 0 amide bonds. The van der Waals surface area contributed by atoms with Crippen molar-refractivity contribution in [1.29, 1.82) is 0 Å². The van der Waals surface area contributed by atoms with Gasteiger partial charge in [0.25, 0.3) is 9.05 Å². The smallest absolute Gasteiger partial charge is 0.268 e. The van der Waals surface area contributed by atoms with E-state index in [1.807, 2.05) is 0 Å². The minimum Gasteiger partial charge on any atom is -0.463 e. The van der Waals surface area contributed by atoms with Crippen molar-refractivity contribution >= 4 is 42.3 Å². The van der Waals surface area contributed by atoms with Crippen LogP contribution < -0.4 is 5.43 Å². The Bertz CT molecular complexity index is 718. The Hall–Kier alpha value is -1.04. The molecule has 84 valence electrons. The molecule has 0 unspecified atom stereocenters. The molecule has 4 nitrogen and oxygen atoms in total. The van der Waals surface area contributed by atoms with E-state index >= 15 is 0 Å². The molecule has 0 aliphatic carbocycles. The van der Waals surface area contributed by atoms with Crippen molar-refractivity contribution in [1.82, 2.24) is 0 Å². The van der Waals surface area contributed by atoms with Gasteiger partial charge in [-0.3, -0.25) is 4.79 Å². The minimum atomic E-state index is -4.11. The van der Waals surface area contributed by atoms with E-state index in [2.05, 4.69) is 0 Å². The van der Waals surface area contributed by atoms with Gasteiger partial charge in [-0.05, 0) is 18.2 Å². The van der Waals surface area contributed by atoms with Crippen LogP contribution in [0.25, 0.3) is 11.0 Å². The van der Waals surface area contributed by atoms with E-state index in [9.17, 15) is 13.2 Å². The van der Waals surface area contributed by atoms with E-state index in [4.69, 9.17) is 26.7 Å². The zero-order valence-corrected chi connectivity index (χ0v) is 9.93. The topological polar surface area (TPSA) is 64.3 Å². The summed E-state index contributed by atoms with van der Waals surface area (Å²) in [5.74, 6) is 0. The molecule has 0 saturated carbocycles. The fraction of sp³-hybridized carbons (Fsp3) is 0. The molecule has 0 atom stereocenters. The van der Waals surface area contributed by atoms with Crippen LogP contribution in [0.15, 0.2) is 38.6 Å². The fourth-order valence-electron chi connectivity index (χ4n) is 1.25. The van der Waals surface area contributed by atoms with Crippen molar-refractivity contribution < 1.29 is 12.8 Å². The Balaban J connectivity index is 2.95. The summed E-state index contributed by atoms with van der Waals surface area (Å²) >= 11 is 5.69. The predicted octanol–water partition coefficient (Wildman–Crippen LogP) is 2.37. The first-order chi connectivity index (χ1) is 7.39. The first kappa shape index (κ1) is 11.4. The average Bonchev–Trinajstić information content (AvgIpc) is 2.17. The average molecular weight is 279 g/mol. The summed E-state index contributed by atoms with van der Waals surface area (Å²) in [5.41, 5.74) is -0.475. The first-order valence-corrected chi connectivity index (χ1v) is 6.74. The third kappa shape index (κ3) is 1.93. The van der Waals surface area contributed by atoms with Gasteiger partial charge in [0.1, 0.15) is 11.8 Å². The van der Waals surface area contributed by atoms with Gasteiger partial charge in [0, 0.05) is 15.7 Å². The molecule has 0 radical (unpaired) electrons. The van der Waals surface area contributed by atoms with E-state index in [0.717, 1.165) is 6.26 Å². The Morgan fingerprint density at radius 3 is 2.56 bits per heavy atom. The van der Waals surface area contributed by atoms with Crippen molar-refractivity contribution in [3.05, 3.63) is 39.7 Å². The molecule has 0 aliphatic heterocycles. The zero-order chi connectivity index (χ0) is 11.9. The summed E-state index contributed by atoms with van der Waals surface area (Å²) in [6.45, 7) is 0. The quantitative estimate of drug-likeness (QED) is 0.752. The standard InChI is InChI=1S/C9H4Cl2O4S/c10-5-1-2-7-6(3-5)9(12)8(4-15-7)16(11,13)14/h1-4H. The van der Waals surface area contributed by atoms with Crippen LogP contribution in [-0.4, -0.2) is 8.42 Å². The predicted molar refractivity (Wildman–Crippen MR) is 60.5 cm³/mol. The van der Waals surface area contributed by atoms with Gasteiger partial charge in [0.2, 0.25) is 5.43 Å². The van der Waals surface area contributed by atoms with Crippen LogP contribution in [0.5, 0.6) is 0 Å². The van der Waals surface area contributed by atoms with Crippen LogP contribution in [0.3, 0.4) is 0 Å². The highest BCUT2D eigenvalue weighted by atomic mass is 35.7. The highest BCUT2D eigenvalue weighted by Crippen LogP contribution is 2.19. The van der Waals surface area contributed by atoms with Crippen molar-refractivity contribution in [2.75, 3.05) is 0 Å². The second kappa shape index (κ2) is 3.76. The van der Waals surface area contributed by atoms with E-state index in [-0.39, 0.29) is 11.0 Å². The van der Waals surface area contributed by atoms with Crippen LogP contribution in [0.1, 0.15) is 0 Å². The van der Waals surface area contributed by atoms with Crippen molar-refractivity contribution in [2.45, 2.75) is 4.90 Å². The normalized spacial score (nSPS) is 11.9. The van der Waals surface area contributed by atoms with Crippen LogP contribution >= 0.6 is 22.3 Å². The minimum absolute atomic E-state index is 0.0780. The molecule has 1 heterocycles. The molecule has 2 rings (SSSR count).